The van der Waals surface area contributed by atoms with Crippen molar-refractivity contribution in [3.8, 4) is 0 Å². The second-order valence-electron chi connectivity index (χ2n) is 9.21. The lowest BCUT2D eigenvalue weighted by atomic mass is 9.91. The summed E-state index contributed by atoms with van der Waals surface area (Å²) in [4.78, 5) is 7.61. The van der Waals surface area contributed by atoms with E-state index in [0.717, 1.165) is 27.4 Å². The molecule has 4 nitrogen and oxygen atoms in total. The van der Waals surface area contributed by atoms with E-state index < -0.39 is 5.54 Å². The first-order valence-electron chi connectivity index (χ1n) is 10.7. The molecule has 0 amide bonds. The summed E-state index contributed by atoms with van der Waals surface area (Å²) in [5.74, 6) is 0. The molecule has 0 aliphatic rings. The van der Waals surface area contributed by atoms with Crippen molar-refractivity contribution in [2.45, 2.75) is 26.3 Å². The van der Waals surface area contributed by atoms with Gasteiger partial charge >= 0.3 is 0 Å². The molecule has 3 heterocycles. The highest BCUT2D eigenvalue weighted by Gasteiger charge is 2.30. The van der Waals surface area contributed by atoms with Crippen LogP contribution in [0.25, 0.3) is 58.7 Å². The fourth-order valence-corrected chi connectivity index (χ4v) is 5.19. The van der Waals surface area contributed by atoms with E-state index in [1.165, 1.54) is 32.8 Å². The molecular formula is C28H21N4+. The molecule has 3 aromatic carbocycles. The number of fused-ring (bicyclic) bond motifs is 5. The minimum Gasteiger partial charge on any atom is -0.309 e. The molecule has 0 aliphatic heterocycles. The van der Waals surface area contributed by atoms with Gasteiger partial charge in [0.1, 0.15) is 7.05 Å². The third-order valence-corrected chi connectivity index (χ3v) is 6.93. The van der Waals surface area contributed by atoms with Crippen LogP contribution in [0.3, 0.4) is 0 Å². The van der Waals surface area contributed by atoms with Crippen LogP contribution >= 0.6 is 0 Å². The topological polar surface area (TPSA) is 17.0 Å². The van der Waals surface area contributed by atoms with Gasteiger partial charge in [0.05, 0.1) is 28.4 Å². The summed E-state index contributed by atoms with van der Waals surface area (Å²) in [6, 6.07) is 16.8. The zero-order valence-corrected chi connectivity index (χ0v) is 18.5. The SMILES string of the molecule is [C-]#[N+]c1ccc2c3ccc(C)c4c3n(c2c1)c1cc(C(C)(C)[N+]#[C-])cc2cc[n+](C)c4c21. The van der Waals surface area contributed by atoms with Crippen LogP contribution in [-0.4, -0.2) is 4.40 Å². The predicted octanol–water partition coefficient (Wildman–Crippen LogP) is 6.83. The lowest BCUT2D eigenvalue weighted by Crippen LogP contribution is -2.29. The summed E-state index contributed by atoms with van der Waals surface area (Å²) in [6.45, 7) is 21.4. The van der Waals surface area contributed by atoms with E-state index in [1.807, 2.05) is 26.0 Å². The van der Waals surface area contributed by atoms with Crippen LogP contribution in [0.5, 0.6) is 0 Å². The molecule has 6 rings (SSSR count). The second kappa shape index (κ2) is 5.96. The molecule has 3 aromatic heterocycles. The standard InChI is InChI=1S/C28H21N4/c1-16-7-9-21-20-10-8-19(29-4)15-22(20)32-23-14-18(28(2,3)30-5)13-17-11-12-31(6)27(25(17)23)24(16)26(21)32/h7-15H,1-3,6H3/q+1. The third kappa shape index (κ3) is 2.17. The highest BCUT2D eigenvalue weighted by Crippen LogP contribution is 2.42. The molecule has 0 bridgehead atoms. The van der Waals surface area contributed by atoms with Crippen molar-refractivity contribution in [1.29, 1.82) is 0 Å². The van der Waals surface area contributed by atoms with Gasteiger partial charge in [-0.25, -0.2) is 16.0 Å². The van der Waals surface area contributed by atoms with Gasteiger partial charge in [-0.15, -0.1) is 0 Å². The zero-order valence-electron chi connectivity index (χ0n) is 18.5. The molecule has 0 atom stereocenters. The summed E-state index contributed by atoms with van der Waals surface area (Å²) in [5, 5.41) is 5.89. The Bertz CT molecular complexity index is 1840. The summed E-state index contributed by atoms with van der Waals surface area (Å²) in [6.07, 6.45) is 2.11. The predicted molar refractivity (Wildman–Crippen MR) is 130 cm³/mol. The van der Waals surface area contributed by atoms with Crippen molar-refractivity contribution >= 4 is 54.7 Å². The van der Waals surface area contributed by atoms with Crippen LogP contribution in [0.2, 0.25) is 0 Å². The summed E-state index contributed by atoms with van der Waals surface area (Å²) < 4.78 is 4.53. The largest absolute Gasteiger partial charge is 0.309 e. The van der Waals surface area contributed by atoms with Crippen molar-refractivity contribution in [3.63, 3.8) is 0 Å². The average molecular weight is 414 g/mol. The lowest BCUT2D eigenvalue weighted by Gasteiger charge is -2.17. The lowest BCUT2D eigenvalue weighted by molar-refractivity contribution is -0.643. The number of benzene rings is 3. The summed E-state index contributed by atoms with van der Waals surface area (Å²) in [7, 11) is 2.10. The molecule has 0 saturated heterocycles. The van der Waals surface area contributed by atoms with Gasteiger partial charge in [-0.3, -0.25) is 0 Å². The Kier molecular flexibility index (Phi) is 3.47. The number of hydrogen-bond donors (Lipinski definition) is 0. The van der Waals surface area contributed by atoms with E-state index >= 15 is 0 Å². The van der Waals surface area contributed by atoms with Gasteiger partial charge in [0, 0.05) is 41.8 Å². The van der Waals surface area contributed by atoms with Crippen LogP contribution in [0.15, 0.2) is 54.7 Å². The first-order chi connectivity index (χ1) is 15.4. The minimum atomic E-state index is -0.625. The molecule has 0 aliphatic carbocycles. The smallest absolute Gasteiger partial charge is 0.252 e. The Labute approximate surface area is 185 Å². The van der Waals surface area contributed by atoms with Crippen LogP contribution in [0, 0.1) is 20.1 Å². The van der Waals surface area contributed by atoms with Gasteiger partial charge in [0.25, 0.3) is 5.54 Å². The molecule has 152 valence electrons. The minimum absolute atomic E-state index is 0.625. The van der Waals surface area contributed by atoms with Crippen LogP contribution in [-0.2, 0) is 12.6 Å². The number of aromatic nitrogens is 2. The van der Waals surface area contributed by atoms with Crippen molar-refractivity contribution in [3.05, 3.63) is 88.7 Å². The normalized spacial score (nSPS) is 12.3. The molecule has 0 spiro atoms. The fourth-order valence-electron chi connectivity index (χ4n) is 5.19. The molecule has 32 heavy (non-hydrogen) atoms. The first-order valence-corrected chi connectivity index (χ1v) is 10.7. The molecule has 4 heteroatoms. The van der Waals surface area contributed by atoms with E-state index in [1.54, 1.807) is 0 Å². The number of hydrogen-bond acceptors (Lipinski definition) is 0. The first kappa shape index (κ1) is 18.6. The maximum Gasteiger partial charge on any atom is 0.252 e. The van der Waals surface area contributed by atoms with Gasteiger partial charge in [0.15, 0.2) is 11.9 Å². The van der Waals surface area contributed by atoms with Crippen LogP contribution in [0.1, 0.15) is 25.0 Å². The Balaban J connectivity index is 2.04. The van der Waals surface area contributed by atoms with E-state index in [-0.39, 0.29) is 0 Å². The van der Waals surface area contributed by atoms with Gasteiger partial charge in [0.2, 0.25) is 5.52 Å². The highest BCUT2D eigenvalue weighted by molar-refractivity contribution is 6.26. The molecule has 0 saturated carbocycles. The van der Waals surface area contributed by atoms with Crippen LogP contribution in [0.4, 0.5) is 5.69 Å². The quantitative estimate of drug-likeness (QED) is 0.122. The summed E-state index contributed by atoms with van der Waals surface area (Å²) >= 11 is 0. The molecule has 0 radical (unpaired) electrons. The average Bonchev–Trinajstić information content (AvgIpc) is 3.13. The number of pyridine rings is 2. The second-order valence-corrected chi connectivity index (χ2v) is 9.21. The maximum absolute atomic E-state index is 7.76. The van der Waals surface area contributed by atoms with Gasteiger partial charge in [-0.1, -0.05) is 24.3 Å². The molecule has 0 N–H and O–H groups in total. The van der Waals surface area contributed by atoms with Crippen molar-refractivity contribution in [2.24, 2.45) is 7.05 Å². The van der Waals surface area contributed by atoms with Crippen LogP contribution < -0.4 is 4.57 Å². The van der Waals surface area contributed by atoms with E-state index in [9.17, 15) is 0 Å². The fraction of sp³-hybridized carbons (Fsp3) is 0.179. The third-order valence-electron chi connectivity index (χ3n) is 6.93. The van der Waals surface area contributed by atoms with E-state index in [4.69, 9.17) is 13.1 Å². The Morgan fingerprint density at radius 2 is 1.69 bits per heavy atom. The number of nitrogens with zero attached hydrogens (tertiary/aromatic N) is 4. The van der Waals surface area contributed by atoms with E-state index in [2.05, 4.69) is 75.2 Å². The molecule has 6 aromatic rings. The number of aryl methyl sites for hydroxylation is 2. The Morgan fingerprint density at radius 3 is 2.44 bits per heavy atom. The van der Waals surface area contributed by atoms with Crippen molar-refractivity contribution in [1.82, 2.24) is 4.40 Å². The van der Waals surface area contributed by atoms with Gasteiger partial charge < -0.3 is 9.25 Å². The Hall–Kier alpha value is -4.15. The molecular weight excluding hydrogens is 392 g/mol. The van der Waals surface area contributed by atoms with Crippen molar-refractivity contribution in [2.75, 3.05) is 0 Å². The highest BCUT2D eigenvalue weighted by atomic mass is 15.0. The molecule has 0 fully saturated rings. The Morgan fingerprint density at radius 1 is 0.906 bits per heavy atom. The van der Waals surface area contributed by atoms with E-state index in [0.29, 0.717) is 5.69 Å². The van der Waals surface area contributed by atoms with Gasteiger partial charge in [-0.05, 0) is 36.1 Å². The monoisotopic (exact) mass is 413 g/mol. The zero-order chi connectivity index (χ0) is 22.4. The maximum atomic E-state index is 7.76. The van der Waals surface area contributed by atoms with Gasteiger partial charge in [-0.2, -0.15) is 0 Å². The molecule has 0 unspecified atom stereocenters. The summed E-state index contributed by atoms with van der Waals surface area (Å²) in [5.41, 5.74) is 6.74. The van der Waals surface area contributed by atoms with Crippen molar-refractivity contribution < 1.29 is 4.57 Å². The number of rotatable bonds is 1.